The number of rotatable bonds is 7. The fraction of sp³-hybridized carbons (Fsp3) is 0.263. The standard InChI is InChI=1S/C19H17F3N2O5/c1-29-18(26)15(11-13-6-2-3-8-16(13)24(27)28)23-17(25)10-12-5-4-7-14(9-12)19(20,21)22/h2-9,15H,10-11H2,1H3,(H,23,25)/t15-/m0/s1. The first-order valence-corrected chi connectivity index (χ1v) is 8.37. The molecule has 0 saturated heterocycles. The van der Waals surface area contributed by atoms with Gasteiger partial charge < -0.3 is 10.1 Å². The highest BCUT2D eigenvalue weighted by Crippen LogP contribution is 2.29. The third-order valence-corrected chi connectivity index (χ3v) is 4.05. The molecule has 0 saturated carbocycles. The highest BCUT2D eigenvalue weighted by Gasteiger charge is 2.31. The van der Waals surface area contributed by atoms with Gasteiger partial charge in [0.05, 0.1) is 24.0 Å². The second-order valence-electron chi connectivity index (χ2n) is 6.11. The molecule has 10 heteroatoms. The number of amides is 1. The number of para-hydroxylation sites is 1. The van der Waals surface area contributed by atoms with Crippen LogP contribution in [-0.4, -0.2) is 30.0 Å². The zero-order valence-electron chi connectivity index (χ0n) is 15.2. The fourth-order valence-electron chi connectivity index (χ4n) is 2.71. The van der Waals surface area contributed by atoms with Crippen molar-refractivity contribution in [3.63, 3.8) is 0 Å². The number of nitro groups is 1. The summed E-state index contributed by atoms with van der Waals surface area (Å²) in [4.78, 5) is 34.8. The quantitative estimate of drug-likeness (QED) is 0.430. The van der Waals surface area contributed by atoms with E-state index in [-0.39, 0.29) is 23.2 Å². The lowest BCUT2D eigenvalue weighted by atomic mass is 10.0. The minimum Gasteiger partial charge on any atom is -0.467 e. The van der Waals surface area contributed by atoms with Crippen molar-refractivity contribution in [2.24, 2.45) is 0 Å². The van der Waals surface area contributed by atoms with Crippen molar-refractivity contribution in [3.05, 3.63) is 75.3 Å². The lowest BCUT2D eigenvalue weighted by Gasteiger charge is -2.17. The van der Waals surface area contributed by atoms with Gasteiger partial charge in [-0.2, -0.15) is 13.2 Å². The van der Waals surface area contributed by atoms with Gasteiger partial charge in [-0.05, 0) is 11.6 Å². The Morgan fingerprint density at radius 2 is 1.86 bits per heavy atom. The molecule has 0 aliphatic rings. The van der Waals surface area contributed by atoms with Gasteiger partial charge in [0.15, 0.2) is 0 Å². The molecule has 154 valence electrons. The van der Waals surface area contributed by atoms with E-state index in [1.807, 2.05) is 0 Å². The molecule has 2 aromatic carbocycles. The van der Waals surface area contributed by atoms with Crippen LogP contribution in [0.1, 0.15) is 16.7 Å². The minimum absolute atomic E-state index is 0.103. The third-order valence-electron chi connectivity index (χ3n) is 4.05. The molecule has 2 rings (SSSR count). The van der Waals surface area contributed by atoms with Crippen LogP contribution in [0, 0.1) is 10.1 Å². The van der Waals surface area contributed by atoms with Crippen molar-refractivity contribution >= 4 is 17.6 Å². The third kappa shape index (κ3) is 6.03. The smallest absolute Gasteiger partial charge is 0.416 e. The summed E-state index contributed by atoms with van der Waals surface area (Å²) in [5, 5.41) is 13.5. The van der Waals surface area contributed by atoms with Crippen molar-refractivity contribution in [2.75, 3.05) is 7.11 Å². The van der Waals surface area contributed by atoms with E-state index < -0.39 is 41.0 Å². The highest BCUT2D eigenvalue weighted by atomic mass is 19.4. The van der Waals surface area contributed by atoms with Crippen LogP contribution in [0.2, 0.25) is 0 Å². The molecule has 2 aromatic rings. The first-order chi connectivity index (χ1) is 13.6. The molecule has 7 nitrogen and oxygen atoms in total. The summed E-state index contributed by atoms with van der Waals surface area (Å²) in [6.07, 6.45) is -5.17. The molecular formula is C19H17F3N2O5. The number of halogens is 3. The maximum atomic E-state index is 12.8. The van der Waals surface area contributed by atoms with Crippen LogP contribution in [0.3, 0.4) is 0 Å². The van der Waals surface area contributed by atoms with Gasteiger partial charge in [0, 0.05) is 18.1 Å². The van der Waals surface area contributed by atoms with E-state index >= 15 is 0 Å². The Hall–Kier alpha value is -3.43. The Morgan fingerprint density at radius 3 is 2.48 bits per heavy atom. The van der Waals surface area contributed by atoms with Crippen LogP contribution in [0.5, 0.6) is 0 Å². The van der Waals surface area contributed by atoms with Gasteiger partial charge in [0.2, 0.25) is 5.91 Å². The molecule has 0 aliphatic carbocycles. The number of benzene rings is 2. The van der Waals surface area contributed by atoms with Crippen LogP contribution in [0.15, 0.2) is 48.5 Å². The summed E-state index contributed by atoms with van der Waals surface area (Å²) >= 11 is 0. The number of hydrogen-bond donors (Lipinski definition) is 1. The molecule has 0 heterocycles. The summed E-state index contributed by atoms with van der Waals surface area (Å²) in [5.41, 5.74) is -0.820. The first-order valence-electron chi connectivity index (χ1n) is 8.37. The number of methoxy groups -OCH3 is 1. The topological polar surface area (TPSA) is 98.5 Å². The average molecular weight is 410 g/mol. The van der Waals surface area contributed by atoms with E-state index in [4.69, 9.17) is 0 Å². The van der Waals surface area contributed by atoms with Crippen LogP contribution in [-0.2, 0) is 33.3 Å². The number of nitrogens with one attached hydrogen (secondary N) is 1. The predicted octanol–water partition coefficient (Wildman–Crippen LogP) is 3.06. The van der Waals surface area contributed by atoms with E-state index in [1.165, 1.54) is 30.3 Å². The molecule has 0 aromatic heterocycles. The number of nitro benzene ring substituents is 1. The lowest BCUT2D eigenvalue weighted by molar-refractivity contribution is -0.385. The summed E-state index contributed by atoms with van der Waals surface area (Å²) < 4.78 is 43.0. The maximum absolute atomic E-state index is 12.8. The lowest BCUT2D eigenvalue weighted by Crippen LogP contribution is -2.43. The summed E-state index contributed by atoms with van der Waals surface area (Å²) in [6, 6.07) is 8.71. The molecule has 1 atom stereocenters. The zero-order chi connectivity index (χ0) is 21.6. The Labute approximate surface area is 163 Å². The van der Waals surface area contributed by atoms with Crippen molar-refractivity contribution in [1.29, 1.82) is 0 Å². The number of ether oxygens (including phenoxy) is 1. The van der Waals surface area contributed by atoms with Gasteiger partial charge in [-0.25, -0.2) is 4.79 Å². The van der Waals surface area contributed by atoms with E-state index in [2.05, 4.69) is 10.1 Å². The Morgan fingerprint density at radius 1 is 1.17 bits per heavy atom. The van der Waals surface area contributed by atoms with Crippen molar-refractivity contribution in [1.82, 2.24) is 5.32 Å². The predicted molar refractivity (Wildman–Crippen MR) is 95.9 cm³/mol. The molecule has 1 amide bonds. The van der Waals surface area contributed by atoms with Crippen LogP contribution in [0.25, 0.3) is 0 Å². The molecule has 0 spiro atoms. The Balaban J connectivity index is 2.16. The number of carbonyl (C=O) groups excluding carboxylic acids is 2. The zero-order valence-corrected chi connectivity index (χ0v) is 15.2. The molecular weight excluding hydrogens is 393 g/mol. The van der Waals surface area contributed by atoms with E-state index in [0.29, 0.717) is 0 Å². The first kappa shape index (κ1) is 21.9. The molecule has 0 radical (unpaired) electrons. The highest BCUT2D eigenvalue weighted by molar-refractivity contribution is 5.86. The van der Waals surface area contributed by atoms with Gasteiger partial charge in [-0.3, -0.25) is 14.9 Å². The molecule has 29 heavy (non-hydrogen) atoms. The van der Waals surface area contributed by atoms with Crippen molar-refractivity contribution < 1.29 is 32.4 Å². The number of nitrogens with zero attached hydrogens (tertiary/aromatic N) is 1. The second-order valence-corrected chi connectivity index (χ2v) is 6.11. The summed E-state index contributed by atoms with van der Waals surface area (Å²) in [7, 11) is 1.09. The van der Waals surface area contributed by atoms with Crippen molar-refractivity contribution in [2.45, 2.75) is 25.1 Å². The molecule has 0 unspecified atom stereocenters. The van der Waals surface area contributed by atoms with Crippen molar-refractivity contribution in [3.8, 4) is 0 Å². The Kier molecular flexibility index (Phi) is 6.92. The van der Waals surface area contributed by atoms with Gasteiger partial charge in [-0.15, -0.1) is 0 Å². The number of esters is 1. The monoisotopic (exact) mass is 410 g/mol. The number of hydrogen-bond acceptors (Lipinski definition) is 5. The second kappa shape index (κ2) is 9.18. The van der Waals surface area contributed by atoms with Crippen LogP contribution >= 0.6 is 0 Å². The summed E-state index contributed by atoms with van der Waals surface area (Å²) in [6.45, 7) is 0. The minimum atomic E-state index is -4.55. The van der Waals surface area contributed by atoms with Crippen LogP contribution < -0.4 is 5.32 Å². The molecule has 0 bridgehead atoms. The number of alkyl halides is 3. The number of carbonyl (C=O) groups is 2. The average Bonchev–Trinajstić information content (AvgIpc) is 2.66. The van der Waals surface area contributed by atoms with Gasteiger partial charge >= 0.3 is 12.1 Å². The van der Waals surface area contributed by atoms with E-state index in [1.54, 1.807) is 6.07 Å². The fourth-order valence-corrected chi connectivity index (χ4v) is 2.71. The van der Waals surface area contributed by atoms with Gasteiger partial charge in [0.1, 0.15) is 6.04 Å². The molecule has 0 aliphatic heterocycles. The summed E-state index contributed by atoms with van der Waals surface area (Å²) in [5.74, 6) is -1.56. The van der Waals surface area contributed by atoms with Gasteiger partial charge in [0.25, 0.3) is 5.69 Å². The molecule has 0 fully saturated rings. The normalized spacial score (nSPS) is 12.1. The largest absolute Gasteiger partial charge is 0.467 e. The molecule has 1 N–H and O–H groups in total. The van der Waals surface area contributed by atoms with Crippen LogP contribution in [0.4, 0.5) is 18.9 Å². The maximum Gasteiger partial charge on any atom is 0.416 e. The van der Waals surface area contributed by atoms with Gasteiger partial charge in [-0.1, -0.05) is 36.4 Å². The van der Waals surface area contributed by atoms with E-state index in [0.717, 1.165) is 19.2 Å². The SMILES string of the molecule is COC(=O)[C@H](Cc1ccccc1[N+](=O)[O-])NC(=O)Cc1cccc(C(F)(F)F)c1. The van der Waals surface area contributed by atoms with E-state index in [9.17, 15) is 32.9 Å². The Bertz CT molecular complexity index is 915.